The summed E-state index contributed by atoms with van der Waals surface area (Å²) in [6.07, 6.45) is 1.52. The van der Waals surface area contributed by atoms with Gasteiger partial charge in [0, 0.05) is 11.6 Å². The normalized spacial score (nSPS) is 10.8. The van der Waals surface area contributed by atoms with Gasteiger partial charge in [0.25, 0.3) is 5.56 Å². The second-order valence-electron chi connectivity index (χ2n) is 5.27. The van der Waals surface area contributed by atoms with E-state index in [1.165, 1.54) is 19.4 Å². The maximum atomic E-state index is 11.8. The van der Waals surface area contributed by atoms with Gasteiger partial charge in [0.05, 0.1) is 23.5 Å². The van der Waals surface area contributed by atoms with Gasteiger partial charge in [-0.05, 0) is 33.6 Å². The molecule has 0 atom stereocenters. The van der Waals surface area contributed by atoms with Crippen LogP contribution in [0, 0.1) is 0 Å². The molecule has 3 rings (SSSR count). The number of hydrogen-bond donors (Lipinski definition) is 3. The molecular formula is C18H15BrN4O3. The van der Waals surface area contributed by atoms with Gasteiger partial charge in [-0.2, -0.15) is 5.10 Å². The lowest BCUT2D eigenvalue weighted by Gasteiger charge is -2.06. The van der Waals surface area contributed by atoms with Crippen molar-refractivity contribution in [1.29, 1.82) is 0 Å². The summed E-state index contributed by atoms with van der Waals surface area (Å²) in [5.74, 6) is 0.551. The Bertz CT molecular complexity index is 1000. The van der Waals surface area contributed by atoms with Gasteiger partial charge in [0.2, 0.25) is 5.95 Å². The molecule has 0 saturated heterocycles. The average Bonchev–Trinajstić information content (AvgIpc) is 2.64. The fourth-order valence-corrected chi connectivity index (χ4v) is 2.72. The number of halogens is 1. The van der Waals surface area contributed by atoms with Gasteiger partial charge < -0.3 is 9.84 Å². The highest BCUT2D eigenvalue weighted by Gasteiger charge is 2.07. The van der Waals surface area contributed by atoms with Crippen molar-refractivity contribution in [1.82, 2.24) is 9.97 Å². The van der Waals surface area contributed by atoms with Crippen LogP contribution in [0.1, 0.15) is 5.56 Å². The minimum absolute atomic E-state index is 0.0131. The third-order valence-electron chi connectivity index (χ3n) is 3.47. The number of rotatable bonds is 5. The standard InChI is InChI=1S/C18H15BrN4O3/c1-26-15-8-11(7-13(19)17(15)25)10-20-23-18-21-14(9-16(24)22-18)12-5-3-2-4-6-12/h2-10,25H,1H3,(H2,21,22,23,24)/b20-10+. The number of aromatic nitrogens is 2. The molecule has 0 aliphatic heterocycles. The number of aromatic amines is 1. The predicted octanol–water partition coefficient (Wildman–Crippen LogP) is 3.36. The molecule has 0 saturated carbocycles. The van der Waals surface area contributed by atoms with E-state index in [0.29, 0.717) is 21.5 Å². The van der Waals surface area contributed by atoms with Crippen LogP contribution in [0.2, 0.25) is 0 Å². The molecule has 1 heterocycles. The summed E-state index contributed by atoms with van der Waals surface area (Å²) in [4.78, 5) is 18.8. The predicted molar refractivity (Wildman–Crippen MR) is 104 cm³/mol. The van der Waals surface area contributed by atoms with Crippen molar-refractivity contribution in [2.45, 2.75) is 0 Å². The highest BCUT2D eigenvalue weighted by molar-refractivity contribution is 9.10. The summed E-state index contributed by atoms with van der Waals surface area (Å²) in [7, 11) is 1.46. The average molecular weight is 415 g/mol. The molecule has 8 heteroatoms. The number of hydrazone groups is 1. The van der Waals surface area contributed by atoms with Gasteiger partial charge in [-0.15, -0.1) is 0 Å². The number of H-pyrrole nitrogens is 1. The highest BCUT2D eigenvalue weighted by atomic mass is 79.9. The van der Waals surface area contributed by atoms with Crippen LogP contribution in [0.3, 0.4) is 0 Å². The first-order chi connectivity index (χ1) is 12.6. The van der Waals surface area contributed by atoms with E-state index >= 15 is 0 Å². The minimum Gasteiger partial charge on any atom is -0.503 e. The molecule has 26 heavy (non-hydrogen) atoms. The molecule has 0 amide bonds. The Hall–Kier alpha value is -3.13. The molecule has 1 aromatic heterocycles. The van der Waals surface area contributed by atoms with Crippen molar-refractivity contribution in [3.8, 4) is 22.8 Å². The molecule has 0 fully saturated rings. The van der Waals surface area contributed by atoms with Crippen LogP contribution in [-0.2, 0) is 0 Å². The molecule has 0 aliphatic carbocycles. The van der Waals surface area contributed by atoms with E-state index in [1.807, 2.05) is 30.3 Å². The second kappa shape index (κ2) is 7.83. The maximum Gasteiger partial charge on any atom is 0.252 e. The Labute approximate surface area is 157 Å². The van der Waals surface area contributed by atoms with Crippen LogP contribution in [0.5, 0.6) is 11.5 Å². The summed E-state index contributed by atoms with van der Waals surface area (Å²) in [5.41, 5.74) is 4.47. The monoisotopic (exact) mass is 414 g/mol. The molecule has 7 nitrogen and oxygen atoms in total. The number of phenols is 1. The first-order valence-electron chi connectivity index (χ1n) is 7.59. The molecule has 0 bridgehead atoms. The van der Waals surface area contributed by atoms with E-state index in [9.17, 15) is 9.90 Å². The quantitative estimate of drug-likeness (QED) is 0.439. The number of ether oxygens (including phenoxy) is 1. The van der Waals surface area contributed by atoms with Crippen molar-refractivity contribution >= 4 is 28.1 Å². The first kappa shape index (κ1) is 17.7. The third-order valence-corrected chi connectivity index (χ3v) is 4.07. The van der Waals surface area contributed by atoms with Crippen molar-refractivity contribution in [3.05, 3.63) is 68.9 Å². The summed E-state index contributed by atoms with van der Waals surface area (Å²) < 4.78 is 5.57. The lowest BCUT2D eigenvalue weighted by atomic mass is 10.1. The Morgan fingerprint density at radius 2 is 2.04 bits per heavy atom. The van der Waals surface area contributed by atoms with Gasteiger partial charge in [0.15, 0.2) is 11.5 Å². The third kappa shape index (κ3) is 4.09. The minimum atomic E-state index is -0.286. The van der Waals surface area contributed by atoms with Gasteiger partial charge in [0.1, 0.15) is 0 Å². The number of nitrogens with zero attached hydrogens (tertiary/aromatic N) is 2. The van der Waals surface area contributed by atoms with Crippen LogP contribution in [0.15, 0.2) is 62.9 Å². The Balaban J connectivity index is 1.82. The fourth-order valence-electron chi connectivity index (χ4n) is 2.26. The van der Waals surface area contributed by atoms with E-state index in [2.05, 4.69) is 36.4 Å². The molecule has 0 spiro atoms. The van der Waals surface area contributed by atoms with E-state index in [0.717, 1.165) is 5.56 Å². The van der Waals surface area contributed by atoms with Gasteiger partial charge >= 0.3 is 0 Å². The SMILES string of the molecule is COc1cc(/C=N/Nc2nc(-c3ccccc3)cc(=O)[nH]2)cc(Br)c1O. The lowest BCUT2D eigenvalue weighted by Crippen LogP contribution is -2.10. The molecule has 0 aliphatic rings. The van der Waals surface area contributed by atoms with Crippen molar-refractivity contribution < 1.29 is 9.84 Å². The molecular weight excluding hydrogens is 400 g/mol. The van der Waals surface area contributed by atoms with Crippen molar-refractivity contribution in [3.63, 3.8) is 0 Å². The maximum absolute atomic E-state index is 11.8. The number of aromatic hydroxyl groups is 1. The largest absolute Gasteiger partial charge is 0.503 e. The number of phenolic OH excluding ortho intramolecular Hbond substituents is 1. The van der Waals surface area contributed by atoms with Crippen LogP contribution in [0.25, 0.3) is 11.3 Å². The Morgan fingerprint density at radius 1 is 1.27 bits per heavy atom. The molecule has 132 valence electrons. The van der Waals surface area contributed by atoms with Crippen molar-refractivity contribution in [2.24, 2.45) is 5.10 Å². The van der Waals surface area contributed by atoms with E-state index in [4.69, 9.17) is 4.74 Å². The summed E-state index contributed by atoms with van der Waals surface area (Å²) in [6, 6.07) is 14.1. The summed E-state index contributed by atoms with van der Waals surface area (Å²) in [5, 5.41) is 13.9. The number of methoxy groups -OCH3 is 1. The molecule has 3 aromatic rings. The van der Waals surface area contributed by atoms with Crippen LogP contribution < -0.4 is 15.7 Å². The number of nitrogens with one attached hydrogen (secondary N) is 2. The topological polar surface area (TPSA) is 99.6 Å². The second-order valence-corrected chi connectivity index (χ2v) is 6.12. The van der Waals surface area contributed by atoms with Crippen molar-refractivity contribution in [2.75, 3.05) is 12.5 Å². The highest BCUT2D eigenvalue weighted by Crippen LogP contribution is 2.34. The van der Waals surface area contributed by atoms with Crippen LogP contribution in [0.4, 0.5) is 5.95 Å². The van der Waals surface area contributed by atoms with E-state index < -0.39 is 0 Å². The number of hydrogen-bond acceptors (Lipinski definition) is 6. The lowest BCUT2D eigenvalue weighted by molar-refractivity contribution is 0.372. The summed E-state index contributed by atoms with van der Waals surface area (Å²) in [6.45, 7) is 0. The molecule has 2 aromatic carbocycles. The Morgan fingerprint density at radius 3 is 2.77 bits per heavy atom. The fraction of sp³-hybridized carbons (Fsp3) is 0.0556. The summed E-state index contributed by atoms with van der Waals surface area (Å²) >= 11 is 3.25. The zero-order valence-corrected chi connectivity index (χ0v) is 15.3. The zero-order chi connectivity index (χ0) is 18.5. The number of anilines is 1. The smallest absolute Gasteiger partial charge is 0.252 e. The van der Waals surface area contributed by atoms with Crippen LogP contribution in [-0.4, -0.2) is 28.4 Å². The van der Waals surface area contributed by atoms with Gasteiger partial charge in [-0.1, -0.05) is 30.3 Å². The number of benzene rings is 2. The molecule has 0 unspecified atom stereocenters. The molecule has 0 radical (unpaired) electrons. The van der Waals surface area contributed by atoms with E-state index in [1.54, 1.807) is 12.1 Å². The first-order valence-corrected chi connectivity index (χ1v) is 8.38. The molecule has 3 N–H and O–H groups in total. The Kier molecular flexibility index (Phi) is 5.33. The van der Waals surface area contributed by atoms with E-state index in [-0.39, 0.29) is 17.3 Å². The zero-order valence-electron chi connectivity index (χ0n) is 13.7. The van der Waals surface area contributed by atoms with Crippen LogP contribution >= 0.6 is 15.9 Å². The van der Waals surface area contributed by atoms with Gasteiger partial charge in [-0.3, -0.25) is 9.78 Å². The van der Waals surface area contributed by atoms with Gasteiger partial charge in [-0.25, -0.2) is 10.4 Å².